The minimum absolute atomic E-state index is 0.507. The van der Waals surface area contributed by atoms with Crippen LogP contribution in [0.3, 0.4) is 0 Å². The Kier molecular flexibility index (Phi) is 4.49. The van der Waals surface area contributed by atoms with Gasteiger partial charge < -0.3 is 0 Å². The number of hydrogen-bond acceptors (Lipinski definition) is 1. The van der Waals surface area contributed by atoms with Crippen LogP contribution in [0.5, 0.6) is 0 Å². The molecule has 0 aliphatic heterocycles. The third-order valence-electron chi connectivity index (χ3n) is 4.18. The molecule has 1 aromatic heterocycles. The summed E-state index contributed by atoms with van der Waals surface area (Å²) >= 11 is 0. The van der Waals surface area contributed by atoms with E-state index in [-0.39, 0.29) is 0 Å². The predicted octanol–water partition coefficient (Wildman–Crippen LogP) is 6.09. The fraction of sp³-hybridized carbons (Fsp3) is 0.150. The van der Waals surface area contributed by atoms with Crippen molar-refractivity contribution < 1.29 is 13.2 Å². The average molecular weight is 342 g/mol. The molecule has 0 aliphatic carbocycles. The summed E-state index contributed by atoms with van der Waals surface area (Å²) in [6.45, 7) is 8.02. The Morgan fingerprint density at radius 3 is 2.32 bits per heavy atom. The number of nitrogens with one attached hydrogen (secondary N) is 1. The lowest BCUT2D eigenvalue weighted by Gasteiger charge is -2.12. The Morgan fingerprint density at radius 1 is 0.960 bits per heavy atom. The largest absolute Gasteiger partial charge is 0.416 e. The quantitative estimate of drug-likeness (QED) is 0.597. The number of allylic oxidation sites excluding steroid dienone is 2. The minimum atomic E-state index is -4.35. The van der Waals surface area contributed by atoms with Crippen molar-refractivity contribution >= 4 is 22.0 Å². The molecule has 0 amide bonds. The second kappa shape index (κ2) is 6.59. The van der Waals surface area contributed by atoms with Gasteiger partial charge in [-0.2, -0.15) is 18.3 Å². The molecule has 25 heavy (non-hydrogen) atoms. The summed E-state index contributed by atoms with van der Waals surface area (Å²) in [6, 6.07) is 11.1. The van der Waals surface area contributed by atoms with Crippen LogP contribution in [0.4, 0.5) is 13.2 Å². The average Bonchev–Trinajstić information content (AvgIpc) is 3.06. The number of fused-ring (bicyclic) bond motifs is 1. The molecular weight excluding hydrogens is 325 g/mol. The summed E-state index contributed by atoms with van der Waals surface area (Å²) < 4.78 is 38.4. The van der Waals surface area contributed by atoms with E-state index in [4.69, 9.17) is 0 Å². The van der Waals surface area contributed by atoms with Crippen LogP contribution >= 0.6 is 0 Å². The molecule has 0 saturated carbocycles. The first-order valence-corrected chi connectivity index (χ1v) is 7.81. The monoisotopic (exact) mass is 342 g/mol. The molecule has 5 heteroatoms. The zero-order valence-electron chi connectivity index (χ0n) is 13.5. The fourth-order valence-corrected chi connectivity index (χ4v) is 2.67. The Bertz CT molecular complexity index is 935. The summed E-state index contributed by atoms with van der Waals surface area (Å²) in [4.78, 5) is 0. The lowest BCUT2D eigenvalue weighted by atomic mass is 9.95. The molecule has 0 aliphatic rings. The number of rotatable bonds is 5. The van der Waals surface area contributed by atoms with Crippen molar-refractivity contribution in [3.63, 3.8) is 0 Å². The van der Waals surface area contributed by atoms with E-state index < -0.39 is 11.7 Å². The highest BCUT2D eigenvalue weighted by Crippen LogP contribution is 2.32. The molecule has 128 valence electrons. The van der Waals surface area contributed by atoms with E-state index in [2.05, 4.69) is 23.4 Å². The summed E-state index contributed by atoms with van der Waals surface area (Å²) in [7, 11) is 0. The molecule has 0 spiro atoms. The van der Waals surface area contributed by atoms with E-state index in [1.807, 2.05) is 18.2 Å². The van der Waals surface area contributed by atoms with E-state index in [9.17, 15) is 13.2 Å². The molecule has 1 heterocycles. The summed E-state index contributed by atoms with van der Waals surface area (Å²) in [5, 5.41) is 7.87. The number of benzene rings is 2. The first-order valence-electron chi connectivity index (χ1n) is 7.81. The Morgan fingerprint density at radius 2 is 1.64 bits per heavy atom. The maximum absolute atomic E-state index is 12.8. The number of nitrogens with zero attached hydrogens (tertiary/aromatic N) is 1. The molecule has 1 N–H and O–H groups in total. The zero-order valence-corrected chi connectivity index (χ0v) is 13.5. The van der Waals surface area contributed by atoms with Crippen LogP contribution < -0.4 is 0 Å². The van der Waals surface area contributed by atoms with Gasteiger partial charge in [0.05, 0.1) is 17.3 Å². The Hall–Kier alpha value is -2.82. The van der Waals surface area contributed by atoms with Crippen LogP contribution in [0.15, 0.2) is 61.8 Å². The van der Waals surface area contributed by atoms with Crippen molar-refractivity contribution in [1.29, 1.82) is 0 Å². The van der Waals surface area contributed by atoms with Gasteiger partial charge in [-0.25, -0.2) is 0 Å². The maximum Gasteiger partial charge on any atom is 0.416 e. The number of aromatic nitrogens is 2. The normalized spacial score (nSPS) is 11.6. The molecule has 2 nitrogen and oxygen atoms in total. The van der Waals surface area contributed by atoms with Gasteiger partial charge in [-0.1, -0.05) is 31.4 Å². The van der Waals surface area contributed by atoms with Gasteiger partial charge in [0, 0.05) is 5.39 Å². The molecule has 3 rings (SSSR count). The summed E-state index contributed by atoms with van der Waals surface area (Å²) in [5.74, 6) is 0. The van der Waals surface area contributed by atoms with E-state index in [0.717, 1.165) is 34.2 Å². The Balaban J connectivity index is 1.68. The van der Waals surface area contributed by atoms with E-state index >= 15 is 0 Å². The lowest BCUT2D eigenvalue weighted by Crippen LogP contribution is -2.05. The first kappa shape index (κ1) is 17.0. The SMILES string of the molecule is C=C(CCC(=C)c1ccc2[nH]ncc2c1)c1cccc(C(F)(F)F)c1. The Labute approximate surface area is 143 Å². The number of hydrogen-bond donors (Lipinski definition) is 1. The third-order valence-corrected chi connectivity index (χ3v) is 4.18. The van der Waals surface area contributed by atoms with Crippen LogP contribution in [-0.2, 0) is 6.18 Å². The molecule has 0 fully saturated rings. The first-order chi connectivity index (χ1) is 11.8. The van der Waals surface area contributed by atoms with Crippen molar-refractivity contribution in [3.8, 4) is 0 Å². The number of halogens is 3. The fourth-order valence-electron chi connectivity index (χ4n) is 2.67. The van der Waals surface area contributed by atoms with E-state index in [0.29, 0.717) is 24.0 Å². The molecular formula is C20H17F3N2. The molecule has 3 aromatic rings. The minimum Gasteiger partial charge on any atom is -0.278 e. The van der Waals surface area contributed by atoms with Crippen molar-refractivity contribution in [1.82, 2.24) is 10.2 Å². The highest BCUT2D eigenvalue weighted by atomic mass is 19.4. The van der Waals surface area contributed by atoms with Gasteiger partial charge in [-0.15, -0.1) is 0 Å². The van der Waals surface area contributed by atoms with Crippen molar-refractivity contribution in [2.45, 2.75) is 19.0 Å². The standard InChI is InChI=1S/C20H17F3N2/c1-13(15-4-3-5-18(11-15)20(21,22)23)6-7-14(2)16-8-9-19-17(10-16)12-24-25-19/h3-5,8-12H,1-2,6-7H2,(H,24,25). The molecule has 0 saturated heterocycles. The highest BCUT2D eigenvalue weighted by Gasteiger charge is 2.30. The molecule has 0 radical (unpaired) electrons. The molecule has 0 unspecified atom stereocenters. The van der Waals surface area contributed by atoms with Crippen molar-refractivity contribution in [3.05, 3.63) is 78.5 Å². The van der Waals surface area contributed by atoms with Gasteiger partial charge in [0.15, 0.2) is 0 Å². The van der Waals surface area contributed by atoms with Crippen LogP contribution in [0.1, 0.15) is 29.5 Å². The number of aromatic amines is 1. The van der Waals surface area contributed by atoms with Crippen LogP contribution in [0.25, 0.3) is 22.0 Å². The number of alkyl halides is 3. The van der Waals surface area contributed by atoms with E-state index in [1.165, 1.54) is 6.07 Å². The predicted molar refractivity (Wildman–Crippen MR) is 94.8 cm³/mol. The second-order valence-electron chi connectivity index (χ2n) is 5.96. The van der Waals surface area contributed by atoms with Crippen LogP contribution in [-0.4, -0.2) is 10.2 Å². The zero-order chi connectivity index (χ0) is 18.0. The van der Waals surface area contributed by atoms with Gasteiger partial charge >= 0.3 is 6.18 Å². The lowest BCUT2D eigenvalue weighted by molar-refractivity contribution is -0.137. The van der Waals surface area contributed by atoms with Gasteiger partial charge in [0.2, 0.25) is 0 Å². The molecule has 2 aromatic carbocycles. The second-order valence-corrected chi connectivity index (χ2v) is 5.96. The van der Waals surface area contributed by atoms with Gasteiger partial charge in [0.25, 0.3) is 0 Å². The highest BCUT2D eigenvalue weighted by molar-refractivity contribution is 5.82. The van der Waals surface area contributed by atoms with Crippen LogP contribution in [0, 0.1) is 0 Å². The van der Waals surface area contributed by atoms with Gasteiger partial charge in [-0.05, 0) is 59.4 Å². The topological polar surface area (TPSA) is 28.7 Å². The summed E-state index contributed by atoms with van der Waals surface area (Å²) in [5.41, 5.74) is 3.37. The smallest absolute Gasteiger partial charge is 0.278 e. The van der Waals surface area contributed by atoms with Crippen molar-refractivity contribution in [2.75, 3.05) is 0 Å². The molecule has 0 bridgehead atoms. The van der Waals surface area contributed by atoms with Crippen molar-refractivity contribution in [2.24, 2.45) is 0 Å². The maximum atomic E-state index is 12.8. The summed E-state index contributed by atoms with van der Waals surface area (Å²) in [6.07, 6.45) is -1.43. The molecule has 0 atom stereocenters. The third kappa shape index (κ3) is 3.82. The number of H-pyrrole nitrogens is 1. The van der Waals surface area contributed by atoms with Crippen LogP contribution in [0.2, 0.25) is 0 Å². The van der Waals surface area contributed by atoms with Gasteiger partial charge in [0.1, 0.15) is 0 Å². The van der Waals surface area contributed by atoms with E-state index in [1.54, 1.807) is 12.3 Å². The van der Waals surface area contributed by atoms with Gasteiger partial charge in [-0.3, -0.25) is 5.10 Å².